The molecule has 1 heterocycles. The predicted octanol–water partition coefficient (Wildman–Crippen LogP) is 7.98. The second-order valence-electron chi connectivity index (χ2n) is 8.76. The number of rotatable bonds is 9. The van der Waals surface area contributed by atoms with E-state index in [1.165, 1.54) is 86.5 Å². The molecule has 0 saturated heterocycles. The summed E-state index contributed by atoms with van der Waals surface area (Å²) in [5.41, 5.74) is 6.35. The first kappa shape index (κ1) is 20.8. The summed E-state index contributed by atoms with van der Waals surface area (Å²) in [6.45, 7) is 2.27. The average Bonchev–Trinajstić information content (AvgIpc) is 3.35. The minimum atomic E-state index is 0.667. The van der Waals surface area contributed by atoms with Gasteiger partial charge in [0.15, 0.2) is 5.82 Å². The molecule has 0 N–H and O–H groups in total. The van der Waals surface area contributed by atoms with Crippen molar-refractivity contribution in [1.29, 1.82) is 0 Å². The number of unbranched alkanes of at least 4 members (excludes halogenated alkanes) is 4. The van der Waals surface area contributed by atoms with Crippen LogP contribution in [0.3, 0.4) is 0 Å². The van der Waals surface area contributed by atoms with Crippen molar-refractivity contribution in [3.63, 3.8) is 0 Å². The van der Waals surface area contributed by atoms with E-state index in [1.54, 1.807) is 0 Å². The summed E-state index contributed by atoms with van der Waals surface area (Å²) in [5, 5.41) is 0. The normalized spacial score (nSPS) is 14.3. The molecule has 0 spiro atoms. The highest BCUT2D eigenvalue weighted by Gasteiger charge is 2.17. The molecule has 0 aliphatic heterocycles. The monoisotopic (exact) mass is 398 g/mol. The molecular weight excluding hydrogens is 364 g/mol. The fraction of sp³-hybridized carbons (Fsp3) is 0.429. The fourth-order valence-corrected chi connectivity index (χ4v) is 4.57. The summed E-state index contributed by atoms with van der Waals surface area (Å²) in [4.78, 5) is 9.29. The van der Waals surface area contributed by atoms with Crippen LogP contribution in [0.15, 0.2) is 60.9 Å². The Morgan fingerprint density at radius 2 is 1.27 bits per heavy atom. The van der Waals surface area contributed by atoms with E-state index in [1.807, 2.05) is 12.4 Å². The number of aromatic nitrogens is 2. The maximum Gasteiger partial charge on any atom is 0.159 e. The van der Waals surface area contributed by atoms with Crippen LogP contribution < -0.4 is 0 Å². The van der Waals surface area contributed by atoms with E-state index in [2.05, 4.69) is 65.4 Å². The van der Waals surface area contributed by atoms with Crippen LogP contribution in [-0.2, 0) is 6.42 Å². The van der Waals surface area contributed by atoms with Crippen molar-refractivity contribution < 1.29 is 0 Å². The van der Waals surface area contributed by atoms with Crippen LogP contribution in [0.5, 0.6) is 0 Å². The zero-order chi connectivity index (χ0) is 20.6. The zero-order valence-corrected chi connectivity index (χ0v) is 18.3. The fourth-order valence-electron chi connectivity index (χ4n) is 4.57. The summed E-state index contributed by atoms with van der Waals surface area (Å²) in [5.74, 6) is 1.49. The Bertz CT molecular complexity index is 889. The lowest BCUT2D eigenvalue weighted by Gasteiger charge is -2.09. The summed E-state index contributed by atoms with van der Waals surface area (Å²) in [6, 6.07) is 17.7. The van der Waals surface area contributed by atoms with Crippen molar-refractivity contribution in [3.05, 3.63) is 72.1 Å². The van der Waals surface area contributed by atoms with Crippen molar-refractivity contribution in [3.8, 4) is 22.5 Å². The number of nitrogens with zero attached hydrogens (tertiary/aromatic N) is 2. The first-order chi connectivity index (χ1) is 14.8. The zero-order valence-electron chi connectivity index (χ0n) is 18.3. The summed E-state index contributed by atoms with van der Waals surface area (Å²) in [7, 11) is 0. The molecule has 1 aromatic heterocycles. The van der Waals surface area contributed by atoms with Crippen molar-refractivity contribution in [1.82, 2.24) is 9.97 Å². The Hall–Kier alpha value is -2.48. The number of hydrogen-bond donors (Lipinski definition) is 0. The molecular formula is C28H34N2. The van der Waals surface area contributed by atoms with Gasteiger partial charge >= 0.3 is 0 Å². The van der Waals surface area contributed by atoms with Gasteiger partial charge in [0.25, 0.3) is 0 Å². The van der Waals surface area contributed by atoms with E-state index in [0.717, 1.165) is 11.4 Å². The highest BCUT2D eigenvalue weighted by atomic mass is 14.9. The van der Waals surface area contributed by atoms with Gasteiger partial charge in [0.05, 0.1) is 0 Å². The highest BCUT2D eigenvalue weighted by molar-refractivity contribution is 5.67. The smallest absolute Gasteiger partial charge is 0.159 e. The molecule has 1 aliphatic carbocycles. The minimum absolute atomic E-state index is 0.667. The van der Waals surface area contributed by atoms with Gasteiger partial charge in [-0.15, -0.1) is 0 Å². The Balaban J connectivity index is 1.36. The van der Waals surface area contributed by atoms with Crippen LogP contribution in [0.25, 0.3) is 22.5 Å². The Morgan fingerprint density at radius 1 is 0.700 bits per heavy atom. The maximum atomic E-state index is 4.64. The standard InChI is InChI=1S/C28H34N2/c1-2-3-4-5-6-9-22-12-14-24(15-13-22)25-16-18-26(19-17-25)28-29-20-27(21-30-28)23-10-7-8-11-23/h12-21,23H,2-11H2,1H3. The van der Waals surface area contributed by atoms with E-state index < -0.39 is 0 Å². The molecule has 1 aliphatic rings. The van der Waals surface area contributed by atoms with Crippen LogP contribution in [0.4, 0.5) is 0 Å². The minimum Gasteiger partial charge on any atom is -0.236 e. The topological polar surface area (TPSA) is 25.8 Å². The molecule has 0 radical (unpaired) electrons. The van der Waals surface area contributed by atoms with Gasteiger partial charge in [0.1, 0.15) is 0 Å². The van der Waals surface area contributed by atoms with Gasteiger partial charge in [-0.05, 0) is 53.9 Å². The largest absolute Gasteiger partial charge is 0.236 e. The van der Waals surface area contributed by atoms with E-state index in [4.69, 9.17) is 0 Å². The van der Waals surface area contributed by atoms with Crippen molar-refractivity contribution in [2.75, 3.05) is 0 Å². The molecule has 2 aromatic carbocycles. The van der Waals surface area contributed by atoms with Gasteiger partial charge in [-0.1, -0.05) is 94.0 Å². The van der Waals surface area contributed by atoms with E-state index >= 15 is 0 Å². The molecule has 1 saturated carbocycles. The maximum absolute atomic E-state index is 4.64. The van der Waals surface area contributed by atoms with E-state index in [-0.39, 0.29) is 0 Å². The molecule has 30 heavy (non-hydrogen) atoms. The molecule has 4 rings (SSSR count). The van der Waals surface area contributed by atoms with Crippen molar-refractivity contribution >= 4 is 0 Å². The van der Waals surface area contributed by atoms with Crippen LogP contribution in [-0.4, -0.2) is 9.97 Å². The van der Waals surface area contributed by atoms with Gasteiger partial charge in [0.2, 0.25) is 0 Å². The van der Waals surface area contributed by atoms with Gasteiger partial charge in [-0.2, -0.15) is 0 Å². The van der Waals surface area contributed by atoms with Crippen LogP contribution in [0.1, 0.15) is 81.8 Å². The van der Waals surface area contributed by atoms with Crippen LogP contribution >= 0.6 is 0 Å². The Morgan fingerprint density at radius 3 is 1.90 bits per heavy atom. The molecule has 2 nitrogen and oxygen atoms in total. The summed E-state index contributed by atoms with van der Waals surface area (Å²) in [6.07, 6.45) is 17.2. The molecule has 0 amide bonds. The van der Waals surface area contributed by atoms with Gasteiger partial charge < -0.3 is 0 Å². The van der Waals surface area contributed by atoms with E-state index in [9.17, 15) is 0 Å². The van der Waals surface area contributed by atoms with Gasteiger partial charge in [0, 0.05) is 18.0 Å². The third kappa shape index (κ3) is 5.36. The first-order valence-electron chi connectivity index (χ1n) is 11.8. The summed E-state index contributed by atoms with van der Waals surface area (Å²) >= 11 is 0. The lowest BCUT2D eigenvalue weighted by molar-refractivity contribution is 0.632. The van der Waals surface area contributed by atoms with Crippen molar-refractivity contribution in [2.24, 2.45) is 0 Å². The molecule has 0 bridgehead atoms. The Kier molecular flexibility index (Phi) is 7.29. The number of hydrogen-bond acceptors (Lipinski definition) is 2. The lowest BCUT2D eigenvalue weighted by atomic mass is 9.99. The van der Waals surface area contributed by atoms with Crippen LogP contribution in [0.2, 0.25) is 0 Å². The van der Waals surface area contributed by atoms with Gasteiger partial charge in [-0.3, -0.25) is 0 Å². The molecule has 0 unspecified atom stereocenters. The van der Waals surface area contributed by atoms with Crippen LogP contribution in [0, 0.1) is 0 Å². The third-order valence-electron chi connectivity index (χ3n) is 6.50. The quantitative estimate of drug-likeness (QED) is 0.341. The molecule has 2 heteroatoms. The number of aryl methyl sites for hydroxylation is 1. The first-order valence-corrected chi connectivity index (χ1v) is 11.8. The summed E-state index contributed by atoms with van der Waals surface area (Å²) < 4.78 is 0. The van der Waals surface area contributed by atoms with Gasteiger partial charge in [-0.25, -0.2) is 9.97 Å². The number of benzene rings is 2. The predicted molar refractivity (Wildman–Crippen MR) is 127 cm³/mol. The second-order valence-corrected chi connectivity index (χ2v) is 8.76. The third-order valence-corrected chi connectivity index (χ3v) is 6.50. The average molecular weight is 399 g/mol. The highest BCUT2D eigenvalue weighted by Crippen LogP contribution is 2.33. The lowest BCUT2D eigenvalue weighted by Crippen LogP contribution is -1.96. The molecule has 0 atom stereocenters. The SMILES string of the molecule is CCCCCCCc1ccc(-c2ccc(-c3ncc(C4CCCC4)cn3)cc2)cc1. The second kappa shape index (κ2) is 10.5. The molecule has 1 fully saturated rings. The molecule has 156 valence electrons. The molecule has 3 aromatic rings. The van der Waals surface area contributed by atoms with Crippen molar-refractivity contribution in [2.45, 2.75) is 77.0 Å². The Labute approximate surface area is 181 Å². The van der Waals surface area contributed by atoms with E-state index in [0.29, 0.717) is 5.92 Å².